The fraction of sp³-hybridized carbons (Fsp3) is 0.588. The van der Waals surface area contributed by atoms with E-state index < -0.39 is 10.0 Å². The minimum atomic E-state index is -3.51. The molecule has 0 spiro atoms. The number of para-hydroxylation sites is 1. The number of thioether (sulfide) groups is 1. The molecule has 24 heavy (non-hydrogen) atoms. The minimum absolute atomic E-state index is 0.0397. The summed E-state index contributed by atoms with van der Waals surface area (Å²) in [6, 6.07) is 7.58. The summed E-state index contributed by atoms with van der Waals surface area (Å²) in [5, 5.41) is 0.676. The van der Waals surface area contributed by atoms with Gasteiger partial charge in [0.2, 0.25) is 4.34 Å². The van der Waals surface area contributed by atoms with Crippen LogP contribution in [0.15, 0.2) is 28.6 Å². The number of rotatable bonds is 6. The molecule has 0 aliphatic heterocycles. The molecule has 0 bridgehead atoms. The Morgan fingerprint density at radius 2 is 1.96 bits per heavy atom. The van der Waals surface area contributed by atoms with Crippen molar-refractivity contribution in [3.05, 3.63) is 24.3 Å². The van der Waals surface area contributed by atoms with Gasteiger partial charge in [-0.05, 0) is 49.5 Å². The van der Waals surface area contributed by atoms with E-state index in [2.05, 4.69) is 23.6 Å². The lowest BCUT2D eigenvalue weighted by Gasteiger charge is -2.28. The zero-order valence-electron chi connectivity index (χ0n) is 14.1. The van der Waals surface area contributed by atoms with E-state index in [9.17, 15) is 8.42 Å². The van der Waals surface area contributed by atoms with Gasteiger partial charge in [-0.15, -0.1) is 11.3 Å². The predicted octanol–water partition coefficient (Wildman–Crippen LogP) is 4.28. The lowest BCUT2D eigenvalue weighted by Crippen LogP contribution is -2.38. The molecular formula is C17H24N2O2S3. The fourth-order valence-corrected chi connectivity index (χ4v) is 6.72. The Hall–Kier alpha value is -0.630. The first kappa shape index (κ1) is 18.2. The van der Waals surface area contributed by atoms with E-state index in [1.54, 1.807) is 0 Å². The van der Waals surface area contributed by atoms with Gasteiger partial charge in [-0.1, -0.05) is 26.0 Å². The van der Waals surface area contributed by atoms with Crippen LogP contribution in [-0.2, 0) is 10.0 Å². The van der Waals surface area contributed by atoms with Crippen LogP contribution in [0.5, 0.6) is 0 Å². The van der Waals surface area contributed by atoms with Gasteiger partial charge in [0.15, 0.2) is 0 Å². The second kappa shape index (κ2) is 7.72. The molecule has 0 amide bonds. The van der Waals surface area contributed by atoms with Crippen molar-refractivity contribution in [2.24, 2.45) is 5.92 Å². The quantitative estimate of drug-likeness (QED) is 0.808. The van der Waals surface area contributed by atoms with Gasteiger partial charge < -0.3 is 0 Å². The van der Waals surface area contributed by atoms with Crippen molar-refractivity contribution in [3.63, 3.8) is 0 Å². The first-order valence-corrected chi connectivity index (χ1v) is 11.8. The summed E-state index contributed by atoms with van der Waals surface area (Å²) in [7, 11) is -3.51. The number of benzene rings is 1. The maximum Gasteiger partial charge on any atom is 0.268 e. The third-order valence-electron chi connectivity index (χ3n) is 4.17. The van der Waals surface area contributed by atoms with Gasteiger partial charge in [0.25, 0.3) is 10.0 Å². The van der Waals surface area contributed by atoms with Crippen molar-refractivity contribution in [2.45, 2.75) is 55.2 Å². The summed E-state index contributed by atoms with van der Waals surface area (Å²) in [5.74, 6) is 1.90. The Bertz CT molecular complexity index is 745. The monoisotopic (exact) mass is 384 g/mol. The molecular weight excluding hydrogens is 360 g/mol. The maximum atomic E-state index is 12.6. The number of nitrogens with zero attached hydrogens (tertiary/aromatic N) is 1. The van der Waals surface area contributed by atoms with Crippen molar-refractivity contribution in [2.75, 3.05) is 5.75 Å². The molecule has 0 atom stereocenters. The highest BCUT2D eigenvalue weighted by Crippen LogP contribution is 2.31. The number of fused-ring (bicyclic) bond motifs is 1. The van der Waals surface area contributed by atoms with Crippen LogP contribution in [-0.4, -0.2) is 30.4 Å². The van der Waals surface area contributed by atoms with Gasteiger partial charge in [0.05, 0.1) is 10.2 Å². The first-order chi connectivity index (χ1) is 11.4. The normalized spacial score (nSPS) is 22.3. The van der Waals surface area contributed by atoms with Crippen LogP contribution in [0.2, 0.25) is 0 Å². The molecule has 3 rings (SSSR count). The molecule has 4 nitrogen and oxygen atoms in total. The zero-order valence-corrected chi connectivity index (χ0v) is 16.5. The van der Waals surface area contributed by atoms with E-state index in [-0.39, 0.29) is 10.4 Å². The first-order valence-electron chi connectivity index (χ1n) is 8.43. The average molecular weight is 385 g/mol. The number of aromatic nitrogens is 1. The van der Waals surface area contributed by atoms with E-state index in [0.717, 1.165) is 35.9 Å². The van der Waals surface area contributed by atoms with E-state index in [4.69, 9.17) is 0 Å². The second-order valence-electron chi connectivity index (χ2n) is 6.77. The molecule has 132 valence electrons. The van der Waals surface area contributed by atoms with Gasteiger partial charge in [0, 0.05) is 11.3 Å². The van der Waals surface area contributed by atoms with Gasteiger partial charge >= 0.3 is 0 Å². The number of hydrogen-bond acceptors (Lipinski definition) is 5. The molecule has 1 aromatic heterocycles. The van der Waals surface area contributed by atoms with E-state index >= 15 is 0 Å². The summed E-state index contributed by atoms with van der Waals surface area (Å²) in [4.78, 5) is 4.28. The highest BCUT2D eigenvalue weighted by molar-refractivity contribution is 7.99. The average Bonchev–Trinajstić information content (AvgIpc) is 2.99. The molecule has 1 saturated carbocycles. The highest BCUT2D eigenvalue weighted by atomic mass is 32.2. The second-order valence-corrected chi connectivity index (χ2v) is 11.0. The number of thiazole rings is 1. The molecule has 1 fully saturated rings. The van der Waals surface area contributed by atoms with E-state index in [0.29, 0.717) is 11.2 Å². The van der Waals surface area contributed by atoms with Crippen LogP contribution in [0.4, 0.5) is 0 Å². The lowest BCUT2D eigenvalue weighted by molar-refractivity contribution is 0.419. The lowest BCUT2D eigenvalue weighted by atomic mass is 9.96. The molecule has 1 aliphatic carbocycles. The van der Waals surface area contributed by atoms with Crippen LogP contribution in [0.1, 0.15) is 39.5 Å². The number of hydrogen-bond donors (Lipinski definition) is 1. The molecule has 1 N–H and O–H groups in total. The molecule has 1 aromatic carbocycles. The van der Waals surface area contributed by atoms with Gasteiger partial charge in [-0.3, -0.25) is 0 Å². The van der Waals surface area contributed by atoms with Crippen LogP contribution in [0.25, 0.3) is 10.2 Å². The van der Waals surface area contributed by atoms with E-state index in [1.807, 2.05) is 36.0 Å². The Morgan fingerprint density at radius 1 is 1.25 bits per heavy atom. The molecule has 7 heteroatoms. The van der Waals surface area contributed by atoms with Gasteiger partial charge in [0.1, 0.15) is 0 Å². The fourth-order valence-electron chi connectivity index (χ4n) is 2.91. The summed E-state index contributed by atoms with van der Waals surface area (Å²) < 4.78 is 29.2. The largest absolute Gasteiger partial charge is 0.268 e. The van der Waals surface area contributed by atoms with Gasteiger partial charge in [-0.25, -0.2) is 18.1 Å². The molecule has 2 aromatic rings. The maximum absolute atomic E-state index is 12.6. The van der Waals surface area contributed by atoms with Crippen molar-refractivity contribution in [3.8, 4) is 0 Å². The van der Waals surface area contributed by atoms with Crippen molar-refractivity contribution in [1.82, 2.24) is 9.71 Å². The van der Waals surface area contributed by atoms with Crippen molar-refractivity contribution >= 4 is 43.3 Å². The molecule has 1 aliphatic rings. The molecule has 0 radical (unpaired) electrons. The Kier molecular flexibility index (Phi) is 5.85. The van der Waals surface area contributed by atoms with Crippen molar-refractivity contribution < 1.29 is 8.42 Å². The molecule has 0 unspecified atom stereocenters. The molecule has 0 saturated heterocycles. The summed E-state index contributed by atoms with van der Waals surface area (Å²) in [6.45, 7) is 4.48. The van der Waals surface area contributed by atoms with E-state index in [1.165, 1.54) is 17.1 Å². The predicted molar refractivity (Wildman–Crippen MR) is 103 cm³/mol. The summed E-state index contributed by atoms with van der Waals surface area (Å²) in [6.07, 6.45) is 4.01. The third-order valence-corrected chi connectivity index (χ3v) is 8.90. The minimum Gasteiger partial charge on any atom is -0.224 e. The van der Waals surface area contributed by atoms with Gasteiger partial charge in [-0.2, -0.15) is 11.8 Å². The van der Waals surface area contributed by atoms with Crippen LogP contribution in [0.3, 0.4) is 0 Å². The highest BCUT2D eigenvalue weighted by Gasteiger charge is 2.27. The Labute approximate surface area is 152 Å². The third kappa shape index (κ3) is 4.50. The topological polar surface area (TPSA) is 59.1 Å². The molecule has 1 heterocycles. The standard InChI is InChI=1S/C17H24N2O2S3/c1-12(2)11-22-14-9-7-13(8-10-14)19-24(20,21)17-18-15-5-3-4-6-16(15)23-17/h3-6,12-14,19H,7-11H2,1-2H3. The smallest absolute Gasteiger partial charge is 0.224 e. The Morgan fingerprint density at radius 3 is 2.62 bits per heavy atom. The van der Waals surface area contributed by atoms with Crippen LogP contribution >= 0.6 is 23.1 Å². The summed E-state index contributed by atoms with van der Waals surface area (Å²) >= 11 is 3.28. The van der Waals surface area contributed by atoms with Crippen molar-refractivity contribution in [1.29, 1.82) is 0 Å². The zero-order chi connectivity index (χ0) is 17.2. The SMILES string of the molecule is CC(C)CSC1CCC(NS(=O)(=O)c2nc3ccccc3s2)CC1. The summed E-state index contributed by atoms with van der Waals surface area (Å²) in [5.41, 5.74) is 0.747. The van der Waals surface area contributed by atoms with Crippen LogP contribution in [0, 0.1) is 5.92 Å². The number of sulfonamides is 1. The van der Waals surface area contributed by atoms with Crippen LogP contribution < -0.4 is 4.72 Å². The number of nitrogens with one attached hydrogen (secondary N) is 1. The Balaban J connectivity index is 1.59.